The molecule has 6 atom stereocenters. The molecule has 0 amide bonds. The second-order valence-electron chi connectivity index (χ2n) is 22.7. The molecule has 0 radical (unpaired) electrons. The Morgan fingerprint density at radius 1 is 0.410 bits per heavy atom. The van der Waals surface area contributed by atoms with Gasteiger partial charge in [-0.05, 0) is 96.3 Å². The summed E-state index contributed by atoms with van der Waals surface area (Å²) in [6, 6.07) is 0. The zero-order chi connectivity index (χ0) is 60.3. The average molecular weight is 1170 g/mol. The molecule has 12 heteroatoms. The quantitative estimate of drug-likeness (QED) is 0.0228. The fourth-order valence-corrected chi connectivity index (χ4v) is 9.84. The van der Waals surface area contributed by atoms with Crippen molar-refractivity contribution in [3.8, 4) is 0 Å². The molecule has 12 nitrogen and oxygen atoms in total. The van der Waals surface area contributed by atoms with E-state index in [4.69, 9.17) is 23.7 Å². The summed E-state index contributed by atoms with van der Waals surface area (Å²) >= 11 is 0. The minimum Gasteiger partial charge on any atom is -0.479 e. The van der Waals surface area contributed by atoms with Gasteiger partial charge in [0.1, 0.15) is 18.8 Å². The minimum absolute atomic E-state index is 0.0178. The lowest BCUT2D eigenvalue weighted by atomic mass is 9.98. The fraction of sp³-hybridized carbons (Fsp3) is 0.746. The van der Waals surface area contributed by atoms with E-state index in [0.29, 0.717) is 19.3 Å². The zero-order valence-corrected chi connectivity index (χ0v) is 52.7. The topological polar surface area (TPSA) is 175 Å². The lowest BCUT2D eigenvalue weighted by Crippen LogP contribution is -2.61. The van der Waals surface area contributed by atoms with Crippen molar-refractivity contribution in [2.45, 2.75) is 327 Å². The molecule has 0 aromatic rings. The van der Waals surface area contributed by atoms with Crippen molar-refractivity contribution in [3.63, 3.8) is 0 Å². The van der Waals surface area contributed by atoms with E-state index in [0.717, 1.165) is 116 Å². The second-order valence-corrected chi connectivity index (χ2v) is 22.7. The Hall–Kier alpha value is -4.10. The van der Waals surface area contributed by atoms with Gasteiger partial charge in [-0.25, -0.2) is 4.79 Å². The molecule has 1 aliphatic rings. The van der Waals surface area contributed by atoms with Crippen LogP contribution in [0.1, 0.15) is 290 Å². The van der Waals surface area contributed by atoms with Crippen LogP contribution in [0.3, 0.4) is 0 Å². The molecule has 0 saturated carbocycles. The van der Waals surface area contributed by atoms with E-state index in [2.05, 4.69) is 106 Å². The maximum atomic E-state index is 13.2. The predicted molar refractivity (Wildman–Crippen MR) is 340 cm³/mol. The lowest BCUT2D eigenvalue weighted by molar-refractivity contribution is -0.301. The smallest absolute Gasteiger partial charge is 0.335 e. The minimum atomic E-state index is -1.92. The van der Waals surface area contributed by atoms with Crippen molar-refractivity contribution in [1.29, 1.82) is 0 Å². The highest BCUT2D eigenvalue weighted by Crippen LogP contribution is 2.27. The van der Waals surface area contributed by atoms with E-state index in [-0.39, 0.29) is 25.9 Å². The molecule has 0 aromatic carbocycles. The Labute approximate surface area is 505 Å². The summed E-state index contributed by atoms with van der Waals surface area (Å²) in [5.74, 6) is -3.17. The van der Waals surface area contributed by atoms with E-state index in [1.165, 1.54) is 116 Å². The first-order valence-electron chi connectivity index (χ1n) is 33.6. The van der Waals surface area contributed by atoms with E-state index in [1.54, 1.807) is 0 Å². The molecule has 1 fully saturated rings. The molecule has 83 heavy (non-hydrogen) atoms. The molecule has 0 spiro atoms. The lowest BCUT2D eigenvalue weighted by Gasteiger charge is -2.40. The Morgan fingerprint density at radius 3 is 1.19 bits per heavy atom. The number of carbonyl (C=O) groups is 4. The number of allylic oxidation sites excluding steroid dienone is 14. The second kappa shape index (κ2) is 58.3. The molecule has 476 valence electrons. The average Bonchev–Trinajstić information content (AvgIpc) is 3.60. The number of aliphatic hydroxyl groups excluding tert-OH is 2. The highest BCUT2D eigenvalue weighted by atomic mass is 16.7. The number of unbranched alkanes of at least 4 members (excludes halogenated alkanes) is 29. The van der Waals surface area contributed by atoms with Crippen LogP contribution in [0, 0.1) is 0 Å². The number of esters is 3. The van der Waals surface area contributed by atoms with Crippen LogP contribution in [0.25, 0.3) is 0 Å². The number of rotatable bonds is 57. The van der Waals surface area contributed by atoms with Gasteiger partial charge in [0.15, 0.2) is 24.6 Å². The van der Waals surface area contributed by atoms with E-state index in [9.17, 15) is 34.5 Å². The molecule has 1 rings (SSSR count). The first-order valence-corrected chi connectivity index (χ1v) is 33.6. The first kappa shape index (κ1) is 76.9. The summed E-state index contributed by atoms with van der Waals surface area (Å²) in [5.41, 5.74) is 0. The third-order valence-corrected chi connectivity index (χ3v) is 15.0. The number of aliphatic carboxylic acids is 1. The van der Waals surface area contributed by atoms with Crippen LogP contribution in [-0.4, -0.2) is 89.2 Å². The number of aliphatic hydroxyl groups is 2. The van der Waals surface area contributed by atoms with Gasteiger partial charge in [0, 0.05) is 19.3 Å². The van der Waals surface area contributed by atoms with Crippen molar-refractivity contribution in [2.75, 3.05) is 13.2 Å². The molecule has 0 aliphatic carbocycles. The van der Waals surface area contributed by atoms with Crippen molar-refractivity contribution in [2.24, 2.45) is 0 Å². The predicted octanol–water partition coefficient (Wildman–Crippen LogP) is 18.2. The maximum Gasteiger partial charge on any atom is 0.335 e. The van der Waals surface area contributed by atoms with Crippen LogP contribution >= 0.6 is 0 Å². The zero-order valence-electron chi connectivity index (χ0n) is 52.7. The SMILES string of the molecule is CC/C=C\C/C=C\C/C=C\C/C=C\C/C=C\CCCCCC(=O)OC1C(OCC(COC(=O)CCCCCCCCCCCCCCCCCCCCC)OC(=O)CCCCCCC/C=C\C/C=C\CCCCC)OC(C(=O)O)C(O)C1O. The van der Waals surface area contributed by atoms with E-state index < -0.39 is 67.3 Å². The molecular formula is C71H120O12. The Balaban J connectivity index is 2.66. The third kappa shape index (κ3) is 47.8. The van der Waals surface area contributed by atoms with E-state index >= 15 is 0 Å². The number of ether oxygens (including phenoxy) is 5. The van der Waals surface area contributed by atoms with Gasteiger partial charge in [0.25, 0.3) is 0 Å². The molecule has 0 bridgehead atoms. The molecule has 1 aliphatic heterocycles. The van der Waals surface area contributed by atoms with Gasteiger partial charge in [0.2, 0.25) is 0 Å². The van der Waals surface area contributed by atoms with Crippen LogP contribution in [0.2, 0.25) is 0 Å². The molecule has 1 saturated heterocycles. The number of carbonyl (C=O) groups excluding carboxylic acids is 3. The molecule has 6 unspecified atom stereocenters. The molecule has 1 heterocycles. The maximum absolute atomic E-state index is 13.2. The highest BCUT2D eigenvalue weighted by Gasteiger charge is 2.50. The van der Waals surface area contributed by atoms with Crippen molar-refractivity contribution < 1.29 is 58.2 Å². The Bertz CT molecular complexity index is 1760. The normalized spacial score (nSPS) is 18.1. The molecular weight excluding hydrogens is 1040 g/mol. The summed E-state index contributed by atoms with van der Waals surface area (Å²) in [4.78, 5) is 51.4. The molecule has 0 aromatic heterocycles. The van der Waals surface area contributed by atoms with Crippen molar-refractivity contribution in [1.82, 2.24) is 0 Å². The van der Waals surface area contributed by atoms with Gasteiger partial charge < -0.3 is 39.0 Å². The summed E-state index contributed by atoms with van der Waals surface area (Å²) in [6.07, 6.45) is 64.0. The number of hydrogen-bond donors (Lipinski definition) is 3. The Kier molecular flexibility index (Phi) is 54.0. The van der Waals surface area contributed by atoms with Crippen LogP contribution in [0.5, 0.6) is 0 Å². The molecule has 3 N–H and O–H groups in total. The fourth-order valence-electron chi connectivity index (χ4n) is 9.84. The summed E-state index contributed by atoms with van der Waals surface area (Å²) < 4.78 is 28.5. The van der Waals surface area contributed by atoms with Crippen LogP contribution in [0.15, 0.2) is 85.1 Å². The summed E-state index contributed by atoms with van der Waals surface area (Å²) in [5, 5.41) is 31.6. The third-order valence-electron chi connectivity index (χ3n) is 15.0. The summed E-state index contributed by atoms with van der Waals surface area (Å²) in [7, 11) is 0. The van der Waals surface area contributed by atoms with Crippen LogP contribution in [0.4, 0.5) is 0 Å². The van der Waals surface area contributed by atoms with Crippen molar-refractivity contribution >= 4 is 23.9 Å². The monoisotopic (exact) mass is 1160 g/mol. The summed E-state index contributed by atoms with van der Waals surface area (Å²) in [6.45, 7) is 5.87. The number of hydrogen-bond acceptors (Lipinski definition) is 11. The van der Waals surface area contributed by atoms with Gasteiger partial charge in [-0.3, -0.25) is 14.4 Å². The van der Waals surface area contributed by atoms with Gasteiger partial charge in [-0.1, -0.05) is 260 Å². The van der Waals surface area contributed by atoms with Crippen LogP contribution < -0.4 is 0 Å². The van der Waals surface area contributed by atoms with Crippen molar-refractivity contribution in [3.05, 3.63) is 85.1 Å². The van der Waals surface area contributed by atoms with Crippen LogP contribution in [-0.2, 0) is 42.9 Å². The van der Waals surface area contributed by atoms with E-state index in [1.807, 2.05) is 0 Å². The van der Waals surface area contributed by atoms with Gasteiger partial charge in [-0.2, -0.15) is 0 Å². The number of carboxylic acid groups (broad SMARTS) is 1. The van der Waals surface area contributed by atoms with Gasteiger partial charge >= 0.3 is 23.9 Å². The Morgan fingerprint density at radius 2 is 0.759 bits per heavy atom. The van der Waals surface area contributed by atoms with Gasteiger partial charge in [0.05, 0.1) is 6.61 Å². The highest BCUT2D eigenvalue weighted by molar-refractivity contribution is 5.74. The largest absolute Gasteiger partial charge is 0.479 e. The first-order chi connectivity index (χ1) is 40.6. The van der Waals surface area contributed by atoms with Gasteiger partial charge in [-0.15, -0.1) is 0 Å². The standard InChI is InChI=1S/C71H120O12/c1-4-7-10-13-16-19-22-25-28-30-32-34-37-39-42-45-48-51-54-57-63(72)79-60-62(81-64(73)58-55-52-49-46-43-40-36-27-24-21-18-15-12-9-6-3)61-80-71-69(67(76)66(75)68(83-71)70(77)78)82-65(74)59-56-53-50-47-44-41-38-35-33-31-29-26-23-20-17-14-11-8-5-2/h8,11,17-18,20-21,26-27,29,33,35-36,41,44,62,66-69,71,75-76H,4-7,9-10,12-16,19,22-25,28,30-32,34,37-40,42-43,45-61H2,1-3H3,(H,77,78)/b11-8-,20-17-,21-18-,29-26-,35-33-,36-27-,44-41-. The number of carboxylic acids is 1.